The van der Waals surface area contributed by atoms with E-state index in [2.05, 4.69) is 16.1 Å². The van der Waals surface area contributed by atoms with Crippen LogP contribution < -0.4 is 14.8 Å². The summed E-state index contributed by atoms with van der Waals surface area (Å²) in [6.45, 7) is 5.65. The van der Waals surface area contributed by atoms with Crippen molar-refractivity contribution in [1.82, 2.24) is 10.0 Å². The average Bonchev–Trinajstić information content (AvgIpc) is 2.72. The summed E-state index contributed by atoms with van der Waals surface area (Å²) in [5, 5.41) is 13.6. The average molecular weight is 448 g/mol. The van der Waals surface area contributed by atoms with Crippen LogP contribution in [0.15, 0.2) is 47.4 Å². The van der Waals surface area contributed by atoms with E-state index in [-0.39, 0.29) is 22.4 Å². The zero-order chi connectivity index (χ0) is 21.7. The van der Waals surface area contributed by atoms with Gasteiger partial charge >= 0.3 is 0 Å². The van der Waals surface area contributed by atoms with Gasteiger partial charge in [0.1, 0.15) is 11.8 Å². The zero-order valence-corrected chi connectivity index (χ0v) is 18.6. The molecule has 2 unspecified atom stereocenters. The molecule has 3 rings (SSSR count). The molecule has 1 aliphatic rings. The van der Waals surface area contributed by atoms with E-state index >= 15 is 0 Å². The molecular formula is C22H26ClN3O3S. The van der Waals surface area contributed by atoms with E-state index in [9.17, 15) is 13.7 Å². The minimum Gasteiger partial charge on any atom is -0.492 e. The molecule has 1 aliphatic heterocycles. The molecule has 0 saturated carbocycles. The second-order valence-electron chi connectivity index (χ2n) is 7.77. The predicted octanol–water partition coefficient (Wildman–Crippen LogP) is 3.67. The third-order valence-electron chi connectivity index (χ3n) is 5.13. The molecular weight excluding hydrogens is 422 g/mol. The van der Waals surface area contributed by atoms with E-state index in [1.54, 1.807) is 19.9 Å². The molecule has 0 aliphatic carbocycles. The lowest BCUT2D eigenvalue weighted by Gasteiger charge is -2.32. The van der Waals surface area contributed by atoms with Crippen LogP contribution in [0.5, 0.6) is 5.75 Å². The number of rotatable bonds is 7. The van der Waals surface area contributed by atoms with Gasteiger partial charge < -0.3 is 10.1 Å². The van der Waals surface area contributed by atoms with E-state index in [4.69, 9.17) is 16.3 Å². The van der Waals surface area contributed by atoms with Gasteiger partial charge in [-0.2, -0.15) is 5.26 Å². The number of benzene rings is 2. The van der Waals surface area contributed by atoms with Crippen molar-refractivity contribution in [2.45, 2.75) is 37.1 Å². The number of nitrogens with zero attached hydrogens (tertiary/aromatic N) is 1. The summed E-state index contributed by atoms with van der Waals surface area (Å²) in [6, 6.07) is 14.1. The molecule has 0 aromatic heterocycles. The van der Waals surface area contributed by atoms with Crippen molar-refractivity contribution in [3.05, 3.63) is 58.6 Å². The van der Waals surface area contributed by atoms with Gasteiger partial charge in [-0.25, -0.2) is 13.1 Å². The fourth-order valence-corrected chi connectivity index (χ4v) is 5.11. The maximum absolute atomic E-state index is 12.4. The Morgan fingerprint density at radius 2 is 2.00 bits per heavy atom. The van der Waals surface area contributed by atoms with Crippen molar-refractivity contribution in [3.63, 3.8) is 0 Å². The standard InChI is InChI=1S/C22H26ClN3O3S/c1-15(2)26-30(27,28)20-7-8-22(17(11-20)12-24)29-14-18-13-25-10-9-21(18)16-3-5-19(23)6-4-16/h3-8,11,15,18,21,25-26H,9-10,13-14H2,1-2H3. The van der Waals surface area contributed by atoms with Gasteiger partial charge in [0.2, 0.25) is 10.0 Å². The van der Waals surface area contributed by atoms with Crippen LogP contribution in [0.3, 0.4) is 0 Å². The molecule has 2 atom stereocenters. The van der Waals surface area contributed by atoms with Crippen LogP contribution in [0, 0.1) is 17.2 Å². The molecule has 160 valence electrons. The number of nitriles is 1. The molecule has 1 fully saturated rings. The monoisotopic (exact) mass is 447 g/mol. The van der Waals surface area contributed by atoms with E-state index < -0.39 is 10.0 Å². The first-order valence-corrected chi connectivity index (χ1v) is 11.8. The summed E-state index contributed by atoms with van der Waals surface area (Å²) < 4.78 is 33.3. The summed E-state index contributed by atoms with van der Waals surface area (Å²) in [6.07, 6.45) is 0.985. The number of ether oxygens (including phenoxy) is 1. The molecule has 0 bridgehead atoms. The number of hydrogen-bond acceptors (Lipinski definition) is 5. The molecule has 2 N–H and O–H groups in total. The molecule has 0 amide bonds. The van der Waals surface area contributed by atoms with Crippen LogP contribution in [0.25, 0.3) is 0 Å². The second-order valence-corrected chi connectivity index (χ2v) is 9.92. The Hall–Kier alpha value is -2.11. The zero-order valence-electron chi connectivity index (χ0n) is 17.1. The van der Waals surface area contributed by atoms with Crippen LogP contribution in [0.4, 0.5) is 0 Å². The van der Waals surface area contributed by atoms with E-state index in [0.29, 0.717) is 23.3 Å². The number of nitrogens with one attached hydrogen (secondary N) is 2. The molecule has 0 radical (unpaired) electrons. The quantitative estimate of drug-likeness (QED) is 0.675. The Balaban J connectivity index is 1.75. The number of piperidine rings is 1. The molecule has 2 aromatic rings. The normalized spacial score (nSPS) is 19.4. The largest absolute Gasteiger partial charge is 0.492 e. The Labute approximate surface area is 183 Å². The topological polar surface area (TPSA) is 91.2 Å². The molecule has 1 saturated heterocycles. The van der Waals surface area contributed by atoms with Gasteiger partial charge in [-0.1, -0.05) is 23.7 Å². The highest BCUT2D eigenvalue weighted by molar-refractivity contribution is 7.89. The van der Waals surface area contributed by atoms with Gasteiger partial charge in [0.05, 0.1) is 17.1 Å². The summed E-state index contributed by atoms with van der Waals surface area (Å²) in [4.78, 5) is 0.0541. The maximum Gasteiger partial charge on any atom is 0.240 e. The lowest BCUT2D eigenvalue weighted by Crippen LogP contribution is -2.38. The molecule has 8 heteroatoms. The number of sulfonamides is 1. The van der Waals surface area contributed by atoms with Crippen LogP contribution in [-0.4, -0.2) is 34.2 Å². The van der Waals surface area contributed by atoms with Gasteiger partial charge in [0.15, 0.2) is 0 Å². The minimum atomic E-state index is -3.67. The van der Waals surface area contributed by atoms with Crippen LogP contribution in [0.2, 0.25) is 5.02 Å². The Morgan fingerprint density at radius 3 is 2.67 bits per heavy atom. The van der Waals surface area contributed by atoms with Crippen molar-refractivity contribution < 1.29 is 13.2 Å². The first-order chi connectivity index (χ1) is 14.3. The summed E-state index contributed by atoms with van der Waals surface area (Å²) in [5.74, 6) is 0.933. The van der Waals surface area contributed by atoms with Crippen LogP contribution in [-0.2, 0) is 10.0 Å². The maximum atomic E-state index is 12.4. The highest BCUT2D eigenvalue weighted by Gasteiger charge is 2.27. The predicted molar refractivity (Wildman–Crippen MR) is 117 cm³/mol. The van der Waals surface area contributed by atoms with E-state index in [0.717, 1.165) is 19.5 Å². The highest BCUT2D eigenvalue weighted by Crippen LogP contribution is 2.32. The summed E-state index contributed by atoms with van der Waals surface area (Å²) in [7, 11) is -3.67. The summed E-state index contributed by atoms with van der Waals surface area (Å²) >= 11 is 6.02. The van der Waals surface area contributed by atoms with E-state index in [1.807, 2.05) is 24.3 Å². The van der Waals surface area contributed by atoms with Crippen LogP contribution >= 0.6 is 11.6 Å². The van der Waals surface area contributed by atoms with E-state index in [1.165, 1.54) is 17.7 Å². The fraction of sp³-hybridized carbons (Fsp3) is 0.409. The highest BCUT2D eigenvalue weighted by atomic mass is 35.5. The van der Waals surface area contributed by atoms with Gasteiger partial charge in [-0.3, -0.25) is 0 Å². The number of halogens is 1. The first kappa shape index (κ1) is 22.6. The summed E-state index contributed by atoms with van der Waals surface area (Å²) in [5.41, 5.74) is 1.42. The lowest BCUT2D eigenvalue weighted by atomic mass is 9.81. The van der Waals surface area contributed by atoms with Crippen molar-refractivity contribution in [1.29, 1.82) is 5.26 Å². The molecule has 6 nitrogen and oxygen atoms in total. The SMILES string of the molecule is CC(C)NS(=O)(=O)c1ccc(OCC2CNCCC2c2ccc(Cl)cc2)c(C#N)c1. The Morgan fingerprint density at radius 1 is 1.27 bits per heavy atom. The number of hydrogen-bond donors (Lipinski definition) is 2. The Bertz CT molecular complexity index is 1020. The molecule has 0 spiro atoms. The van der Waals surface area contributed by atoms with Crippen LogP contribution in [0.1, 0.15) is 37.3 Å². The van der Waals surface area contributed by atoms with Gasteiger partial charge in [0.25, 0.3) is 0 Å². The van der Waals surface area contributed by atoms with Gasteiger partial charge in [-0.05, 0) is 68.6 Å². The fourth-order valence-electron chi connectivity index (χ4n) is 3.71. The minimum absolute atomic E-state index is 0.0541. The third kappa shape index (κ3) is 5.52. The second kappa shape index (κ2) is 9.80. The van der Waals surface area contributed by atoms with Crippen molar-refractivity contribution in [3.8, 4) is 11.8 Å². The lowest BCUT2D eigenvalue weighted by molar-refractivity contribution is 0.196. The smallest absolute Gasteiger partial charge is 0.240 e. The van der Waals surface area contributed by atoms with Gasteiger partial charge in [0, 0.05) is 23.5 Å². The van der Waals surface area contributed by atoms with Crippen molar-refractivity contribution in [2.75, 3.05) is 19.7 Å². The molecule has 2 aromatic carbocycles. The Kier molecular flexibility index (Phi) is 7.37. The third-order valence-corrected chi connectivity index (χ3v) is 7.04. The van der Waals surface area contributed by atoms with Crippen molar-refractivity contribution >= 4 is 21.6 Å². The first-order valence-electron chi connectivity index (χ1n) is 9.95. The molecule has 1 heterocycles. The van der Waals surface area contributed by atoms with Gasteiger partial charge in [-0.15, -0.1) is 0 Å². The molecule has 30 heavy (non-hydrogen) atoms. The van der Waals surface area contributed by atoms with Crippen molar-refractivity contribution in [2.24, 2.45) is 5.92 Å².